The normalized spacial score (nSPS) is 15.2. The topological polar surface area (TPSA) is 76.6 Å². The number of nitro benzene ring substituents is 1. The number of furan rings is 1. The molecule has 1 amide bonds. The van der Waals surface area contributed by atoms with E-state index in [9.17, 15) is 14.9 Å². The first-order valence-corrected chi connectivity index (χ1v) is 10.4. The predicted molar refractivity (Wildman–Crippen MR) is 122 cm³/mol. The van der Waals surface area contributed by atoms with Gasteiger partial charge in [-0.25, -0.2) is 0 Å². The van der Waals surface area contributed by atoms with Crippen molar-refractivity contribution < 1.29 is 14.1 Å². The van der Waals surface area contributed by atoms with E-state index in [1.54, 1.807) is 30.3 Å². The Morgan fingerprint density at radius 3 is 2.43 bits per heavy atom. The van der Waals surface area contributed by atoms with Gasteiger partial charge in [0.15, 0.2) is 4.32 Å². The maximum Gasteiger partial charge on any atom is 0.270 e. The molecule has 6 nitrogen and oxygen atoms in total. The molecule has 2 heterocycles. The minimum absolute atomic E-state index is 0.0150. The molecule has 1 aliphatic heterocycles. The number of carbonyl (C=O) groups is 1. The van der Waals surface area contributed by atoms with E-state index in [1.165, 1.54) is 34.4 Å². The number of nitrogens with zero attached hydrogens (tertiary/aromatic N) is 2. The van der Waals surface area contributed by atoms with Gasteiger partial charge in [-0.05, 0) is 48.4 Å². The van der Waals surface area contributed by atoms with Crippen LogP contribution in [0.15, 0.2) is 70.0 Å². The van der Waals surface area contributed by atoms with Crippen LogP contribution in [0.2, 0.25) is 0 Å². The first-order chi connectivity index (χ1) is 14.5. The number of benzene rings is 2. The SMILES string of the molecule is CCc1ccc(N2C(=O)C(=Cc3ccc(-c4ccc([N+](=O)[O-])cc4)o3)SC2=S)cc1. The number of carbonyl (C=O) groups excluding carboxylic acids is 1. The van der Waals surface area contributed by atoms with Gasteiger partial charge in [-0.15, -0.1) is 0 Å². The number of aryl methyl sites for hydroxylation is 1. The summed E-state index contributed by atoms with van der Waals surface area (Å²) in [6.45, 7) is 2.08. The van der Waals surface area contributed by atoms with Gasteiger partial charge in [-0.3, -0.25) is 19.8 Å². The highest BCUT2D eigenvalue weighted by atomic mass is 32.2. The number of nitro groups is 1. The van der Waals surface area contributed by atoms with Crippen LogP contribution in [0.25, 0.3) is 17.4 Å². The molecule has 1 fully saturated rings. The molecule has 0 atom stereocenters. The van der Waals surface area contributed by atoms with Crippen LogP contribution in [-0.2, 0) is 11.2 Å². The van der Waals surface area contributed by atoms with Gasteiger partial charge in [0, 0.05) is 23.8 Å². The van der Waals surface area contributed by atoms with E-state index in [1.807, 2.05) is 24.3 Å². The average Bonchev–Trinajstić information content (AvgIpc) is 3.33. The highest BCUT2D eigenvalue weighted by Crippen LogP contribution is 2.36. The highest BCUT2D eigenvalue weighted by molar-refractivity contribution is 8.27. The number of hydrogen-bond acceptors (Lipinski definition) is 6. The zero-order valence-electron chi connectivity index (χ0n) is 15.9. The molecule has 0 unspecified atom stereocenters. The lowest BCUT2D eigenvalue weighted by atomic mass is 10.1. The molecule has 2 aromatic carbocycles. The summed E-state index contributed by atoms with van der Waals surface area (Å²) in [5, 5.41) is 10.8. The molecule has 1 aliphatic rings. The van der Waals surface area contributed by atoms with E-state index in [0.717, 1.165) is 12.1 Å². The van der Waals surface area contributed by atoms with Gasteiger partial charge in [0.25, 0.3) is 11.6 Å². The fourth-order valence-corrected chi connectivity index (χ4v) is 4.31. The number of anilines is 1. The summed E-state index contributed by atoms with van der Waals surface area (Å²) < 4.78 is 6.28. The Morgan fingerprint density at radius 1 is 1.10 bits per heavy atom. The molecule has 4 rings (SSSR count). The van der Waals surface area contributed by atoms with Crippen molar-refractivity contribution in [2.45, 2.75) is 13.3 Å². The summed E-state index contributed by atoms with van der Waals surface area (Å²) in [5.41, 5.74) is 2.66. The molecule has 0 aliphatic carbocycles. The third-order valence-corrected chi connectivity index (χ3v) is 5.96. The Labute approximate surface area is 182 Å². The van der Waals surface area contributed by atoms with Gasteiger partial charge >= 0.3 is 0 Å². The molecule has 0 radical (unpaired) electrons. The summed E-state index contributed by atoms with van der Waals surface area (Å²) in [6, 6.07) is 17.4. The first kappa shape index (κ1) is 20.1. The van der Waals surface area contributed by atoms with Gasteiger partial charge in [-0.1, -0.05) is 43.0 Å². The van der Waals surface area contributed by atoms with E-state index >= 15 is 0 Å². The first-order valence-electron chi connectivity index (χ1n) is 9.18. The molecular formula is C22H16N2O4S2. The van der Waals surface area contributed by atoms with Crippen LogP contribution < -0.4 is 4.90 Å². The number of non-ortho nitro benzene ring substituents is 1. The molecule has 3 aromatic rings. The van der Waals surface area contributed by atoms with Crippen molar-refractivity contribution in [3.05, 3.63) is 87.0 Å². The second-order valence-corrected chi connectivity index (χ2v) is 8.22. The van der Waals surface area contributed by atoms with Crippen LogP contribution >= 0.6 is 24.0 Å². The minimum atomic E-state index is -0.449. The lowest BCUT2D eigenvalue weighted by Gasteiger charge is -2.14. The molecule has 30 heavy (non-hydrogen) atoms. The second kappa shape index (κ2) is 8.25. The largest absolute Gasteiger partial charge is 0.457 e. The zero-order valence-corrected chi connectivity index (χ0v) is 17.5. The quantitative estimate of drug-likeness (QED) is 0.217. The number of thioether (sulfide) groups is 1. The standard InChI is InChI=1S/C22H16N2O4S2/c1-2-14-3-7-16(8-4-14)23-21(25)20(30-22(23)29)13-18-11-12-19(28-18)15-5-9-17(10-6-15)24(26)27/h3-13H,2H2,1H3. The van der Waals surface area contributed by atoms with Crippen molar-refractivity contribution >= 4 is 51.7 Å². The number of hydrogen-bond donors (Lipinski definition) is 0. The second-order valence-electron chi connectivity index (χ2n) is 6.54. The molecular weight excluding hydrogens is 420 g/mol. The maximum atomic E-state index is 12.9. The fourth-order valence-electron chi connectivity index (χ4n) is 3.03. The lowest BCUT2D eigenvalue weighted by molar-refractivity contribution is -0.384. The molecule has 1 saturated heterocycles. The number of amides is 1. The van der Waals surface area contributed by atoms with Crippen LogP contribution in [-0.4, -0.2) is 15.2 Å². The molecule has 0 bridgehead atoms. The van der Waals surface area contributed by atoms with Gasteiger partial charge < -0.3 is 4.42 Å². The number of thiocarbonyl (C=S) groups is 1. The molecule has 1 aromatic heterocycles. The Kier molecular flexibility index (Phi) is 5.52. The lowest BCUT2D eigenvalue weighted by Crippen LogP contribution is -2.27. The van der Waals surface area contributed by atoms with E-state index in [0.29, 0.717) is 26.3 Å². The van der Waals surface area contributed by atoms with Crippen LogP contribution in [0.1, 0.15) is 18.2 Å². The van der Waals surface area contributed by atoms with Crippen molar-refractivity contribution in [1.82, 2.24) is 0 Å². The Hall–Kier alpha value is -3.23. The van der Waals surface area contributed by atoms with Crippen molar-refractivity contribution in [1.29, 1.82) is 0 Å². The maximum absolute atomic E-state index is 12.9. The van der Waals surface area contributed by atoms with Gasteiger partial charge in [0.2, 0.25) is 0 Å². The molecule has 8 heteroatoms. The summed E-state index contributed by atoms with van der Waals surface area (Å²) in [6.07, 6.45) is 2.59. The summed E-state index contributed by atoms with van der Waals surface area (Å²) >= 11 is 6.64. The number of rotatable bonds is 5. The predicted octanol–water partition coefficient (Wildman–Crippen LogP) is 5.82. The molecule has 0 N–H and O–H groups in total. The molecule has 0 spiro atoms. The van der Waals surface area contributed by atoms with Gasteiger partial charge in [-0.2, -0.15) is 0 Å². The van der Waals surface area contributed by atoms with Crippen molar-refractivity contribution in [2.24, 2.45) is 0 Å². The third-order valence-electron chi connectivity index (χ3n) is 4.66. The average molecular weight is 437 g/mol. The monoisotopic (exact) mass is 436 g/mol. The smallest absolute Gasteiger partial charge is 0.270 e. The summed E-state index contributed by atoms with van der Waals surface area (Å²) in [4.78, 5) is 25.2. The highest BCUT2D eigenvalue weighted by Gasteiger charge is 2.33. The minimum Gasteiger partial charge on any atom is -0.457 e. The van der Waals surface area contributed by atoms with Crippen LogP contribution in [0.5, 0.6) is 0 Å². The van der Waals surface area contributed by atoms with Crippen LogP contribution in [0.3, 0.4) is 0 Å². The van der Waals surface area contributed by atoms with E-state index in [2.05, 4.69) is 6.92 Å². The van der Waals surface area contributed by atoms with E-state index < -0.39 is 4.92 Å². The Morgan fingerprint density at radius 2 is 1.80 bits per heavy atom. The van der Waals surface area contributed by atoms with Gasteiger partial charge in [0.1, 0.15) is 11.5 Å². The Bertz CT molecular complexity index is 1160. The zero-order chi connectivity index (χ0) is 21.3. The fraction of sp³-hybridized carbons (Fsp3) is 0.0909. The van der Waals surface area contributed by atoms with Crippen molar-refractivity contribution in [3.8, 4) is 11.3 Å². The van der Waals surface area contributed by atoms with Crippen molar-refractivity contribution in [2.75, 3.05) is 4.90 Å². The van der Waals surface area contributed by atoms with Crippen molar-refractivity contribution in [3.63, 3.8) is 0 Å². The third kappa shape index (κ3) is 3.92. The molecule has 0 saturated carbocycles. The summed E-state index contributed by atoms with van der Waals surface area (Å²) in [5.74, 6) is 0.870. The summed E-state index contributed by atoms with van der Waals surface area (Å²) in [7, 11) is 0. The molecule has 150 valence electrons. The van der Waals surface area contributed by atoms with E-state index in [4.69, 9.17) is 16.6 Å². The van der Waals surface area contributed by atoms with Crippen LogP contribution in [0, 0.1) is 10.1 Å². The Balaban J connectivity index is 1.56. The van der Waals surface area contributed by atoms with E-state index in [-0.39, 0.29) is 11.6 Å². The van der Waals surface area contributed by atoms with Gasteiger partial charge in [0.05, 0.1) is 15.5 Å². The van der Waals surface area contributed by atoms with Crippen LogP contribution in [0.4, 0.5) is 11.4 Å².